The molecule has 0 aliphatic heterocycles. The third-order valence-electron chi connectivity index (χ3n) is 8.93. The van der Waals surface area contributed by atoms with Crippen molar-refractivity contribution in [3.63, 3.8) is 0 Å². The van der Waals surface area contributed by atoms with Gasteiger partial charge in [-0.3, -0.25) is 28.8 Å². The van der Waals surface area contributed by atoms with E-state index in [2.05, 4.69) is 21.3 Å². The molecule has 0 radical (unpaired) electrons. The number of hydrogen-bond acceptors (Lipinski definition) is 13. The molecule has 0 aromatic heterocycles. The van der Waals surface area contributed by atoms with Gasteiger partial charge >= 0.3 is 11.9 Å². The largest absolute Gasteiger partial charge is 0.481 e. The van der Waals surface area contributed by atoms with Crippen molar-refractivity contribution in [1.29, 1.82) is 0 Å². The van der Waals surface area contributed by atoms with Crippen molar-refractivity contribution in [1.82, 2.24) is 21.3 Å². The molecule has 0 saturated heterocycles. The number of Topliss-reactive ketones (excluding diaryl/α,β-unsaturated/α-hetero) is 1. The highest BCUT2D eigenvalue weighted by atomic mass is 16.5. The van der Waals surface area contributed by atoms with Crippen molar-refractivity contribution >= 4 is 41.4 Å². The first-order chi connectivity index (χ1) is 30.5. The van der Waals surface area contributed by atoms with Gasteiger partial charge in [0.25, 0.3) is 0 Å². The average Bonchev–Trinajstić information content (AvgIpc) is 3.25. The van der Waals surface area contributed by atoms with E-state index in [9.17, 15) is 38.7 Å². The maximum absolute atomic E-state index is 12.3. The minimum Gasteiger partial charge on any atom is -0.481 e. The van der Waals surface area contributed by atoms with E-state index >= 15 is 0 Å². The lowest BCUT2D eigenvalue weighted by molar-refractivity contribution is -0.142. The smallest absolute Gasteiger partial charge is 0.326 e. The summed E-state index contributed by atoms with van der Waals surface area (Å²) < 4.78 is 31.6. The number of carbonyl (C=O) groups is 7. The van der Waals surface area contributed by atoms with Crippen LogP contribution >= 0.6 is 0 Å². The molecule has 0 saturated carbocycles. The topological polar surface area (TPSA) is 263 Å². The lowest BCUT2D eigenvalue weighted by Gasteiger charge is -2.14. The Bertz CT molecular complexity index is 1180. The summed E-state index contributed by atoms with van der Waals surface area (Å²) in [5.41, 5.74) is 0. The number of carbonyl (C=O) groups excluding carboxylic acids is 5. The van der Waals surface area contributed by atoms with Crippen LogP contribution < -0.4 is 21.3 Å². The summed E-state index contributed by atoms with van der Waals surface area (Å²) in [5, 5.41) is 28.6. The van der Waals surface area contributed by atoms with Crippen molar-refractivity contribution in [3.8, 4) is 0 Å². The van der Waals surface area contributed by atoms with Gasteiger partial charge in [0.1, 0.15) is 25.9 Å². The number of carboxylic acids is 2. The molecular formula is C44H82N4O15. The van der Waals surface area contributed by atoms with Crippen molar-refractivity contribution in [2.45, 2.75) is 142 Å². The highest BCUT2D eigenvalue weighted by Gasteiger charge is 2.20. The predicted octanol–water partition coefficient (Wildman–Crippen LogP) is 3.73. The number of amides is 4. The molecular weight excluding hydrogens is 824 g/mol. The summed E-state index contributed by atoms with van der Waals surface area (Å²) in [7, 11) is 0. The predicted molar refractivity (Wildman–Crippen MR) is 236 cm³/mol. The van der Waals surface area contributed by atoms with Gasteiger partial charge in [-0.1, -0.05) is 90.9 Å². The highest BCUT2D eigenvalue weighted by Crippen LogP contribution is 2.14. The molecule has 0 aliphatic carbocycles. The first kappa shape index (κ1) is 61.3. The number of unbranched alkanes of at least 4 members (excludes halogenated alkanes) is 13. The molecule has 368 valence electrons. The van der Waals surface area contributed by atoms with Crippen LogP contribution in [0.5, 0.6) is 0 Å². The molecule has 19 heteroatoms. The molecule has 0 fully saturated rings. The Morgan fingerprint density at radius 3 is 1.14 bits per heavy atom. The first-order valence-corrected chi connectivity index (χ1v) is 23.0. The summed E-state index contributed by atoms with van der Waals surface area (Å²) in [6.07, 6.45) is 15.5. The van der Waals surface area contributed by atoms with E-state index in [1.54, 1.807) is 0 Å². The minimum absolute atomic E-state index is 0.0290. The highest BCUT2D eigenvalue weighted by molar-refractivity contribution is 5.84. The second-order valence-corrected chi connectivity index (χ2v) is 14.6. The summed E-state index contributed by atoms with van der Waals surface area (Å²) in [6.45, 7) is 8.20. The zero-order valence-electron chi connectivity index (χ0n) is 38.6. The Morgan fingerprint density at radius 1 is 0.413 bits per heavy atom. The molecule has 1 atom stereocenters. The van der Waals surface area contributed by atoms with E-state index in [0.29, 0.717) is 32.8 Å². The van der Waals surface area contributed by atoms with Crippen LogP contribution in [0, 0.1) is 0 Å². The maximum atomic E-state index is 12.3. The summed E-state index contributed by atoms with van der Waals surface area (Å²) in [4.78, 5) is 81.0. The number of hydrogen-bond donors (Lipinski definition) is 6. The van der Waals surface area contributed by atoms with Crippen LogP contribution in [0.4, 0.5) is 0 Å². The zero-order chi connectivity index (χ0) is 47.0. The molecule has 19 nitrogen and oxygen atoms in total. The van der Waals surface area contributed by atoms with Crippen molar-refractivity contribution in [3.05, 3.63) is 0 Å². The van der Waals surface area contributed by atoms with Gasteiger partial charge in [0, 0.05) is 38.9 Å². The van der Waals surface area contributed by atoms with Gasteiger partial charge in [-0.15, -0.1) is 0 Å². The standard InChI is InChI=1S/C42H76N4O15.C2H6/c1-35(47)32-59-29-26-57-24-21-44-39(50)34-61-31-28-58-25-22-45-40(51)33-60-30-27-56-23-20-43-37(48)19-18-36(42(54)55)46-38(49)16-14-12-10-8-6-4-2-3-5-7-9-11-13-15-17-41(52)53;1-2/h36H,2-34H2,1H3,(H,43,48)(H,44,50)(H,45,51)(H,46,49)(H,52,53)(H,54,55);1-2H3/t36-;/m0./s1. The summed E-state index contributed by atoms with van der Waals surface area (Å²) in [6, 6.07) is -1.14. The molecule has 0 bridgehead atoms. The monoisotopic (exact) mass is 907 g/mol. The van der Waals surface area contributed by atoms with Crippen LogP contribution in [0.2, 0.25) is 0 Å². The quantitative estimate of drug-likeness (QED) is 0.0476. The second-order valence-electron chi connectivity index (χ2n) is 14.6. The zero-order valence-corrected chi connectivity index (χ0v) is 38.6. The Kier molecular flexibility index (Phi) is 46.5. The van der Waals surface area contributed by atoms with E-state index in [4.69, 9.17) is 33.5 Å². The van der Waals surface area contributed by atoms with Crippen LogP contribution in [-0.4, -0.2) is 157 Å². The van der Waals surface area contributed by atoms with Gasteiger partial charge in [-0.05, 0) is 26.2 Å². The van der Waals surface area contributed by atoms with E-state index in [1.165, 1.54) is 51.9 Å². The molecule has 0 aromatic rings. The molecule has 0 unspecified atom stereocenters. The summed E-state index contributed by atoms with van der Waals surface area (Å²) in [5.74, 6) is -3.26. The van der Waals surface area contributed by atoms with Crippen molar-refractivity contribution < 1.29 is 72.2 Å². The normalized spacial score (nSPS) is 11.2. The fourth-order valence-electron chi connectivity index (χ4n) is 5.67. The third kappa shape index (κ3) is 49.1. The second kappa shape index (κ2) is 47.7. The Balaban J connectivity index is 0. The molecule has 0 spiro atoms. The van der Waals surface area contributed by atoms with E-state index in [0.717, 1.165) is 38.5 Å². The number of aliphatic carboxylic acids is 2. The Hall–Kier alpha value is -3.75. The van der Waals surface area contributed by atoms with Crippen LogP contribution in [0.1, 0.15) is 136 Å². The van der Waals surface area contributed by atoms with Gasteiger partial charge in [-0.25, -0.2) is 4.79 Å². The van der Waals surface area contributed by atoms with Gasteiger partial charge in [-0.2, -0.15) is 0 Å². The molecule has 6 N–H and O–H groups in total. The van der Waals surface area contributed by atoms with Gasteiger partial charge < -0.3 is 59.9 Å². The maximum Gasteiger partial charge on any atom is 0.326 e. The molecule has 0 rings (SSSR count). The van der Waals surface area contributed by atoms with E-state index < -0.39 is 18.0 Å². The number of carboxylic acid groups (broad SMARTS) is 2. The fourth-order valence-corrected chi connectivity index (χ4v) is 5.67. The van der Waals surface area contributed by atoms with Crippen LogP contribution in [0.3, 0.4) is 0 Å². The molecule has 0 aromatic carbocycles. The van der Waals surface area contributed by atoms with E-state index in [1.807, 2.05) is 13.8 Å². The number of rotatable bonds is 46. The third-order valence-corrected chi connectivity index (χ3v) is 8.93. The summed E-state index contributed by atoms with van der Waals surface area (Å²) >= 11 is 0. The van der Waals surface area contributed by atoms with Crippen LogP contribution in [0.25, 0.3) is 0 Å². The lowest BCUT2D eigenvalue weighted by atomic mass is 10.0. The number of ketones is 1. The van der Waals surface area contributed by atoms with Crippen LogP contribution in [0.15, 0.2) is 0 Å². The SMILES string of the molecule is CC.CC(=O)COCCOCCNC(=O)COCCOCCNC(=O)COCCOCCNC(=O)CC[C@H](NC(=O)CCCCCCCCCCCCCCCCC(=O)O)C(=O)O. The Labute approximate surface area is 375 Å². The first-order valence-electron chi connectivity index (χ1n) is 23.0. The minimum atomic E-state index is -1.19. The number of ether oxygens (including phenoxy) is 6. The molecule has 4 amide bonds. The van der Waals surface area contributed by atoms with E-state index in [-0.39, 0.29) is 128 Å². The van der Waals surface area contributed by atoms with Crippen LogP contribution in [-0.2, 0) is 62.0 Å². The van der Waals surface area contributed by atoms with Gasteiger partial charge in [0.05, 0.1) is 59.5 Å². The van der Waals surface area contributed by atoms with Gasteiger partial charge in [0.15, 0.2) is 5.78 Å². The van der Waals surface area contributed by atoms with Crippen molar-refractivity contribution in [2.75, 3.05) is 98.9 Å². The fraction of sp³-hybridized carbons (Fsp3) is 0.841. The molecule has 63 heavy (non-hydrogen) atoms. The van der Waals surface area contributed by atoms with Gasteiger partial charge in [0.2, 0.25) is 23.6 Å². The van der Waals surface area contributed by atoms with Crippen molar-refractivity contribution in [2.24, 2.45) is 0 Å². The lowest BCUT2D eigenvalue weighted by Crippen LogP contribution is -2.41. The Morgan fingerprint density at radius 2 is 0.762 bits per heavy atom. The average molecular weight is 907 g/mol. The number of nitrogens with one attached hydrogen (secondary N) is 4. The molecule has 0 aliphatic rings. The molecule has 0 heterocycles.